The predicted molar refractivity (Wildman–Crippen MR) is 82.3 cm³/mol. The van der Waals surface area contributed by atoms with Gasteiger partial charge in [0.05, 0.1) is 12.5 Å². The average molecular weight is 294 g/mol. The van der Waals surface area contributed by atoms with Crippen molar-refractivity contribution < 1.29 is 14.4 Å². The van der Waals surface area contributed by atoms with Crippen molar-refractivity contribution in [2.24, 2.45) is 11.8 Å². The van der Waals surface area contributed by atoms with Gasteiger partial charge in [-0.1, -0.05) is 33.6 Å². The zero-order valence-corrected chi connectivity index (χ0v) is 13.6. The third-order valence-electron chi connectivity index (χ3n) is 3.42. The maximum atomic E-state index is 12.1. The maximum absolute atomic E-state index is 12.1. The van der Waals surface area contributed by atoms with Gasteiger partial charge in [-0.2, -0.15) is 0 Å². The quantitative estimate of drug-likeness (QED) is 0.394. The number of hydrogen-bond acceptors (Lipinski definition) is 4. The van der Waals surface area contributed by atoms with E-state index in [4.69, 9.17) is 6.42 Å². The molecule has 0 heterocycles. The van der Waals surface area contributed by atoms with Crippen LogP contribution in [-0.4, -0.2) is 42.1 Å². The number of likely N-dealkylation sites (N-methyl/N-ethyl adjacent to an activating group) is 1. The number of rotatable bonds is 9. The summed E-state index contributed by atoms with van der Waals surface area (Å²) in [5.41, 5.74) is -1.22. The molecule has 0 aromatic heterocycles. The second-order valence-electron chi connectivity index (χ2n) is 6.02. The molecule has 1 amide bonds. The number of carbonyl (C=O) groups excluding carboxylic acids is 3. The van der Waals surface area contributed by atoms with E-state index in [9.17, 15) is 14.4 Å². The standard InChI is InChI=1S/C16H26N2O3/c1-7-8-15(21)18(6)16(11-20,9-12(2)3)17-14(10-19)13(4)5/h1,10-14,17H,8-9H2,2-6H3. The van der Waals surface area contributed by atoms with Crippen LogP contribution in [0.15, 0.2) is 0 Å². The highest BCUT2D eigenvalue weighted by Crippen LogP contribution is 2.21. The molecule has 21 heavy (non-hydrogen) atoms. The van der Waals surface area contributed by atoms with Gasteiger partial charge in [0.15, 0.2) is 11.9 Å². The minimum absolute atomic E-state index is 0.00474. The summed E-state index contributed by atoms with van der Waals surface area (Å²) >= 11 is 0. The Morgan fingerprint density at radius 3 is 2.24 bits per heavy atom. The number of terminal acetylenes is 1. The van der Waals surface area contributed by atoms with Crippen molar-refractivity contribution >= 4 is 18.5 Å². The van der Waals surface area contributed by atoms with Crippen molar-refractivity contribution in [2.75, 3.05) is 7.05 Å². The van der Waals surface area contributed by atoms with Crippen LogP contribution in [0.3, 0.4) is 0 Å². The van der Waals surface area contributed by atoms with Gasteiger partial charge in [-0.25, -0.2) is 0 Å². The number of hydrogen-bond donors (Lipinski definition) is 1. The first-order valence-corrected chi connectivity index (χ1v) is 7.13. The molecular formula is C16H26N2O3. The van der Waals surface area contributed by atoms with Gasteiger partial charge in [-0.3, -0.25) is 14.9 Å². The number of nitrogens with zero attached hydrogens (tertiary/aromatic N) is 1. The highest BCUT2D eigenvalue weighted by atomic mass is 16.2. The molecule has 0 rings (SSSR count). The molecule has 0 radical (unpaired) electrons. The molecule has 5 heteroatoms. The molecule has 0 aliphatic carbocycles. The van der Waals surface area contributed by atoms with Crippen molar-refractivity contribution in [3.05, 3.63) is 0 Å². The Morgan fingerprint density at radius 1 is 1.33 bits per heavy atom. The minimum atomic E-state index is -1.22. The van der Waals surface area contributed by atoms with E-state index in [0.717, 1.165) is 6.29 Å². The van der Waals surface area contributed by atoms with Gasteiger partial charge < -0.3 is 9.69 Å². The summed E-state index contributed by atoms with van der Waals surface area (Å²) < 4.78 is 0. The van der Waals surface area contributed by atoms with E-state index in [1.54, 1.807) is 0 Å². The van der Waals surface area contributed by atoms with Crippen LogP contribution >= 0.6 is 0 Å². The van der Waals surface area contributed by atoms with Gasteiger partial charge in [-0.05, 0) is 18.3 Å². The summed E-state index contributed by atoms with van der Waals surface area (Å²) in [6.45, 7) is 7.65. The van der Waals surface area contributed by atoms with Crippen LogP contribution in [0.5, 0.6) is 0 Å². The molecule has 0 saturated carbocycles. The molecule has 2 atom stereocenters. The van der Waals surface area contributed by atoms with Crippen LogP contribution in [0.1, 0.15) is 40.5 Å². The van der Waals surface area contributed by atoms with Gasteiger partial charge in [0.2, 0.25) is 5.91 Å². The maximum Gasteiger partial charge on any atom is 0.236 e. The fourth-order valence-corrected chi connectivity index (χ4v) is 2.15. The van der Waals surface area contributed by atoms with Gasteiger partial charge >= 0.3 is 0 Å². The topological polar surface area (TPSA) is 66.5 Å². The van der Waals surface area contributed by atoms with Crippen molar-refractivity contribution in [2.45, 2.75) is 52.2 Å². The summed E-state index contributed by atoms with van der Waals surface area (Å²) in [5.74, 6) is 2.12. The molecule has 0 aromatic rings. The lowest BCUT2D eigenvalue weighted by molar-refractivity contribution is -0.143. The van der Waals surface area contributed by atoms with E-state index in [-0.39, 0.29) is 24.2 Å². The molecule has 0 bridgehead atoms. The first-order valence-electron chi connectivity index (χ1n) is 7.13. The second-order valence-corrected chi connectivity index (χ2v) is 6.02. The van der Waals surface area contributed by atoms with E-state index in [1.807, 2.05) is 27.7 Å². The van der Waals surface area contributed by atoms with Crippen LogP contribution in [-0.2, 0) is 14.4 Å². The largest absolute Gasteiger partial charge is 0.320 e. The lowest BCUT2D eigenvalue weighted by atomic mass is 9.93. The molecule has 0 aromatic carbocycles. The Hall–Kier alpha value is -1.67. The normalized spacial score (nSPS) is 15.1. The lowest BCUT2D eigenvalue weighted by Crippen LogP contribution is -2.65. The number of aldehydes is 2. The van der Waals surface area contributed by atoms with Gasteiger partial charge in [0.25, 0.3) is 0 Å². The van der Waals surface area contributed by atoms with Gasteiger partial charge in [0, 0.05) is 7.05 Å². The van der Waals surface area contributed by atoms with Crippen LogP contribution in [0, 0.1) is 24.2 Å². The number of nitrogens with one attached hydrogen (secondary N) is 1. The average Bonchev–Trinajstić information content (AvgIpc) is 2.42. The van der Waals surface area contributed by atoms with Crippen LogP contribution < -0.4 is 5.32 Å². The molecule has 1 N–H and O–H groups in total. The fourth-order valence-electron chi connectivity index (χ4n) is 2.15. The number of amides is 1. The van der Waals surface area contributed by atoms with Gasteiger partial charge in [-0.15, -0.1) is 6.42 Å². The summed E-state index contributed by atoms with van der Waals surface area (Å²) in [4.78, 5) is 36.4. The lowest BCUT2D eigenvalue weighted by Gasteiger charge is -2.41. The molecule has 0 spiro atoms. The Morgan fingerprint density at radius 2 is 1.90 bits per heavy atom. The third-order valence-corrected chi connectivity index (χ3v) is 3.42. The summed E-state index contributed by atoms with van der Waals surface area (Å²) in [6, 6.07) is -0.518. The molecule has 0 aliphatic rings. The van der Waals surface area contributed by atoms with E-state index in [2.05, 4.69) is 11.2 Å². The van der Waals surface area contributed by atoms with Gasteiger partial charge in [0.1, 0.15) is 6.29 Å². The molecule has 0 fully saturated rings. The van der Waals surface area contributed by atoms with Crippen molar-refractivity contribution in [1.29, 1.82) is 0 Å². The Labute approximate surface area is 127 Å². The fraction of sp³-hybridized carbons (Fsp3) is 0.688. The second kappa shape index (κ2) is 8.58. The molecular weight excluding hydrogens is 268 g/mol. The zero-order chi connectivity index (χ0) is 16.6. The van der Waals surface area contributed by atoms with E-state index in [0.29, 0.717) is 12.7 Å². The first-order chi connectivity index (χ1) is 9.73. The minimum Gasteiger partial charge on any atom is -0.320 e. The molecule has 5 nitrogen and oxygen atoms in total. The zero-order valence-electron chi connectivity index (χ0n) is 13.6. The van der Waals surface area contributed by atoms with E-state index >= 15 is 0 Å². The number of carbonyl (C=O) groups is 3. The molecule has 0 saturated heterocycles. The first kappa shape index (κ1) is 19.3. The predicted octanol–water partition coefficient (Wildman–Crippen LogP) is 1.22. The van der Waals surface area contributed by atoms with E-state index < -0.39 is 11.7 Å². The van der Waals surface area contributed by atoms with Crippen LogP contribution in [0.2, 0.25) is 0 Å². The Kier molecular flexibility index (Phi) is 7.90. The summed E-state index contributed by atoms with van der Waals surface area (Å²) in [6.07, 6.45) is 6.95. The molecule has 2 unspecified atom stereocenters. The monoisotopic (exact) mass is 294 g/mol. The highest BCUT2D eigenvalue weighted by Gasteiger charge is 2.39. The van der Waals surface area contributed by atoms with Crippen molar-refractivity contribution in [3.8, 4) is 12.3 Å². The third kappa shape index (κ3) is 5.31. The van der Waals surface area contributed by atoms with E-state index in [1.165, 1.54) is 11.9 Å². The smallest absolute Gasteiger partial charge is 0.236 e. The summed E-state index contributed by atoms with van der Waals surface area (Å²) in [5, 5.41) is 3.04. The van der Waals surface area contributed by atoms with Crippen molar-refractivity contribution in [3.63, 3.8) is 0 Å². The van der Waals surface area contributed by atoms with Crippen LogP contribution in [0.4, 0.5) is 0 Å². The molecule has 118 valence electrons. The highest BCUT2D eigenvalue weighted by molar-refractivity contribution is 5.83. The summed E-state index contributed by atoms with van der Waals surface area (Å²) in [7, 11) is 1.53. The Balaban J connectivity index is 5.53. The molecule has 0 aliphatic heterocycles. The SMILES string of the molecule is C#CCC(=O)N(C)C(C=O)(CC(C)C)NC(C=O)C(C)C. The van der Waals surface area contributed by atoms with Crippen LogP contribution in [0.25, 0.3) is 0 Å². The van der Waals surface area contributed by atoms with Crippen molar-refractivity contribution in [1.82, 2.24) is 10.2 Å². The Bertz CT molecular complexity index is 412.